The van der Waals surface area contributed by atoms with Crippen molar-refractivity contribution in [2.24, 2.45) is 0 Å². The summed E-state index contributed by atoms with van der Waals surface area (Å²) in [5, 5.41) is 0. The molecule has 96 valence electrons. The van der Waals surface area contributed by atoms with Crippen LogP contribution in [0, 0.1) is 6.92 Å². The Labute approximate surface area is 108 Å². The second-order valence-corrected chi connectivity index (χ2v) is 6.53. The molecule has 1 unspecified atom stereocenters. The molecule has 1 aromatic rings. The second-order valence-electron chi connectivity index (χ2n) is 5.92. The third-order valence-corrected chi connectivity index (χ3v) is 3.43. The first kappa shape index (κ1) is 14.5. The van der Waals surface area contributed by atoms with Crippen molar-refractivity contribution in [3.05, 3.63) is 28.8 Å². The summed E-state index contributed by atoms with van der Waals surface area (Å²) in [4.78, 5) is 0. The van der Waals surface area contributed by atoms with E-state index in [0.29, 0.717) is 14.7 Å². The van der Waals surface area contributed by atoms with E-state index in [2.05, 4.69) is 60.3 Å². The van der Waals surface area contributed by atoms with Gasteiger partial charge in [0.1, 0.15) is 5.75 Å². The van der Waals surface area contributed by atoms with Gasteiger partial charge >= 0.3 is 0 Å². The lowest BCUT2D eigenvalue weighted by atomic mass is 9.83. The number of benzene rings is 1. The van der Waals surface area contributed by atoms with Crippen molar-refractivity contribution in [1.82, 2.24) is 0 Å². The van der Waals surface area contributed by atoms with Crippen molar-refractivity contribution < 1.29 is 4.52 Å². The molecule has 0 aliphatic heterocycles. The van der Waals surface area contributed by atoms with Gasteiger partial charge < -0.3 is 4.52 Å². The zero-order valence-electron chi connectivity index (χ0n) is 12.1. The van der Waals surface area contributed by atoms with Gasteiger partial charge in [0, 0.05) is 5.56 Å². The van der Waals surface area contributed by atoms with Gasteiger partial charge in [0.2, 0.25) is 0 Å². The van der Waals surface area contributed by atoms with Gasteiger partial charge in [-0.1, -0.05) is 40.7 Å². The maximum atomic E-state index is 5.81. The van der Waals surface area contributed by atoms with Crippen LogP contribution < -0.4 is 4.52 Å². The van der Waals surface area contributed by atoms with Crippen LogP contribution >= 0.6 is 8.81 Å². The van der Waals surface area contributed by atoms with Crippen LogP contribution in [0.1, 0.15) is 57.2 Å². The zero-order chi connectivity index (χ0) is 13.2. The maximum Gasteiger partial charge on any atom is 0.126 e. The lowest BCUT2D eigenvalue weighted by molar-refractivity contribution is 0.540. The summed E-state index contributed by atoms with van der Waals surface area (Å²) >= 11 is 0. The molecule has 0 amide bonds. The first-order chi connectivity index (χ1) is 7.77. The fourth-order valence-electron chi connectivity index (χ4n) is 2.10. The number of hydrogen-bond donors (Lipinski definition) is 0. The third kappa shape index (κ3) is 3.45. The van der Waals surface area contributed by atoms with Crippen LogP contribution in [0.2, 0.25) is 0 Å². The first-order valence-electron chi connectivity index (χ1n) is 6.26. The molecular weight excluding hydrogens is 227 g/mol. The van der Waals surface area contributed by atoms with Crippen molar-refractivity contribution in [2.75, 3.05) is 6.66 Å². The van der Waals surface area contributed by atoms with E-state index >= 15 is 0 Å². The van der Waals surface area contributed by atoms with E-state index in [1.54, 1.807) is 0 Å². The zero-order valence-corrected chi connectivity index (χ0v) is 13.1. The van der Waals surface area contributed by atoms with Crippen LogP contribution in [-0.4, -0.2) is 6.66 Å². The minimum Gasteiger partial charge on any atom is -0.477 e. The van der Waals surface area contributed by atoms with Crippen molar-refractivity contribution in [3.8, 4) is 5.75 Å². The summed E-state index contributed by atoms with van der Waals surface area (Å²) in [5.41, 5.74) is 4.22. The van der Waals surface area contributed by atoms with Gasteiger partial charge in [-0.15, -0.1) is 0 Å². The fraction of sp³-hybridized carbons (Fsp3) is 0.600. The Morgan fingerprint density at radius 3 is 2.18 bits per heavy atom. The van der Waals surface area contributed by atoms with E-state index in [4.69, 9.17) is 4.52 Å². The monoisotopic (exact) mass is 252 g/mol. The van der Waals surface area contributed by atoms with Crippen molar-refractivity contribution in [3.63, 3.8) is 0 Å². The van der Waals surface area contributed by atoms with Gasteiger partial charge in [0.25, 0.3) is 0 Å². The Hall–Kier alpha value is -0.550. The highest BCUT2D eigenvalue weighted by molar-refractivity contribution is 7.31. The SMILES string of the molecule is CPOc1cc(C)c(C(C)C)cc1C(C)(C)C. The van der Waals surface area contributed by atoms with Crippen LogP contribution in [0.3, 0.4) is 0 Å². The van der Waals surface area contributed by atoms with Gasteiger partial charge in [-0.25, -0.2) is 0 Å². The predicted molar refractivity (Wildman–Crippen MR) is 78.8 cm³/mol. The molecule has 0 fully saturated rings. The molecule has 0 aliphatic carbocycles. The Morgan fingerprint density at radius 2 is 1.76 bits per heavy atom. The summed E-state index contributed by atoms with van der Waals surface area (Å²) in [6, 6.07) is 4.53. The largest absolute Gasteiger partial charge is 0.477 e. The van der Waals surface area contributed by atoms with Gasteiger partial charge in [-0.3, -0.25) is 0 Å². The predicted octanol–water partition coefficient (Wildman–Crippen LogP) is 5.02. The highest BCUT2D eigenvalue weighted by atomic mass is 31.1. The van der Waals surface area contributed by atoms with E-state index in [0.717, 1.165) is 5.75 Å². The molecule has 1 nitrogen and oxygen atoms in total. The van der Waals surface area contributed by atoms with Crippen LogP contribution in [0.25, 0.3) is 0 Å². The van der Waals surface area contributed by atoms with Crippen molar-refractivity contribution >= 4 is 8.81 Å². The standard InChI is InChI=1S/C15H25OP/c1-10(2)12-9-13(15(4,5)6)14(16-17-7)8-11(12)3/h8-10,17H,1-7H3. The van der Waals surface area contributed by atoms with E-state index in [1.807, 2.05) is 0 Å². The summed E-state index contributed by atoms with van der Waals surface area (Å²) < 4.78 is 5.81. The van der Waals surface area contributed by atoms with Gasteiger partial charge in [0.05, 0.1) is 8.81 Å². The van der Waals surface area contributed by atoms with Crippen molar-refractivity contribution in [2.45, 2.75) is 52.9 Å². The van der Waals surface area contributed by atoms with E-state index in [9.17, 15) is 0 Å². The Bertz CT molecular complexity index is 389. The minimum absolute atomic E-state index is 0.131. The Morgan fingerprint density at radius 1 is 1.18 bits per heavy atom. The van der Waals surface area contributed by atoms with Crippen LogP contribution in [0.4, 0.5) is 0 Å². The maximum absolute atomic E-state index is 5.81. The minimum atomic E-state index is 0.131. The molecule has 17 heavy (non-hydrogen) atoms. The highest BCUT2D eigenvalue weighted by Gasteiger charge is 2.21. The Balaban J connectivity index is 3.37. The normalized spacial score (nSPS) is 12.7. The topological polar surface area (TPSA) is 9.23 Å². The van der Waals surface area contributed by atoms with Crippen molar-refractivity contribution in [1.29, 1.82) is 0 Å². The molecule has 0 radical (unpaired) electrons. The summed E-state index contributed by atoms with van der Waals surface area (Å²) in [5.74, 6) is 1.62. The van der Waals surface area contributed by atoms with Gasteiger partial charge in [-0.2, -0.15) is 0 Å². The highest BCUT2D eigenvalue weighted by Crippen LogP contribution is 2.37. The van der Waals surface area contributed by atoms with Gasteiger partial charge in [0.15, 0.2) is 0 Å². The molecule has 0 spiro atoms. The molecule has 0 N–H and O–H groups in total. The summed E-state index contributed by atoms with van der Waals surface area (Å²) in [6.07, 6.45) is 0. The molecule has 1 atom stereocenters. The average Bonchev–Trinajstić information content (AvgIpc) is 2.15. The Kier molecular flexibility index (Phi) is 4.61. The molecule has 1 rings (SSSR count). The fourth-order valence-corrected chi connectivity index (χ4v) is 2.49. The van der Waals surface area contributed by atoms with Crippen LogP contribution in [-0.2, 0) is 5.41 Å². The third-order valence-electron chi connectivity index (χ3n) is 3.01. The molecule has 0 aromatic heterocycles. The smallest absolute Gasteiger partial charge is 0.126 e. The van der Waals surface area contributed by atoms with E-state index in [1.165, 1.54) is 16.7 Å². The first-order valence-corrected chi connectivity index (χ1v) is 7.66. The van der Waals surface area contributed by atoms with Crippen LogP contribution in [0.5, 0.6) is 5.75 Å². The average molecular weight is 252 g/mol. The quantitative estimate of drug-likeness (QED) is 0.686. The number of aryl methyl sites for hydroxylation is 1. The second kappa shape index (κ2) is 5.40. The van der Waals surface area contributed by atoms with Crippen LogP contribution in [0.15, 0.2) is 12.1 Å². The molecule has 0 saturated carbocycles. The molecule has 1 aromatic carbocycles. The molecule has 0 heterocycles. The number of rotatable bonds is 3. The summed E-state index contributed by atoms with van der Waals surface area (Å²) in [7, 11) is 0.498. The molecule has 2 heteroatoms. The molecular formula is C15H25OP. The van der Waals surface area contributed by atoms with E-state index in [-0.39, 0.29) is 5.41 Å². The molecule has 0 saturated heterocycles. The molecule has 0 bridgehead atoms. The lowest BCUT2D eigenvalue weighted by Crippen LogP contribution is -2.13. The summed E-state index contributed by atoms with van der Waals surface area (Å²) in [6.45, 7) is 15.5. The lowest BCUT2D eigenvalue weighted by Gasteiger charge is -2.25. The van der Waals surface area contributed by atoms with E-state index < -0.39 is 0 Å². The number of hydrogen-bond acceptors (Lipinski definition) is 1. The van der Waals surface area contributed by atoms with Gasteiger partial charge in [-0.05, 0) is 42.1 Å². The molecule has 0 aliphatic rings.